The maximum Gasteiger partial charge on any atom is 0.129 e. The van der Waals surface area contributed by atoms with Crippen LogP contribution in [0.3, 0.4) is 0 Å². The number of halogens is 1. The third-order valence-corrected chi connectivity index (χ3v) is 2.99. The molecule has 0 amide bonds. The highest BCUT2D eigenvalue weighted by Crippen LogP contribution is 2.27. The maximum atomic E-state index is 13.4. The molecule has 0 spiro atoms. The molecule has 0 saturated carbocycles. The Balaban J connectivity index is 2.41. The van der Waals surface area contributed by atoms with Crippen LogP contribution >= 0.6 is 11.3 Å². The highest BCUT2D eigenvalue weighted by Gasteiger charge is 2.16. The Morgan fingerprint density at radius 1 is 1.47 bits per heavy atom. The first kappa shape index (κ1) is 10.3. The van der Waals surface area contributed by atoms with Gasteiger partial charge in [0.05, 0.1) is 10.4 Å². The van der Waals surface area contributed by atoms with Crippen molar-refractivity contribution in [3.8, 4) is 0 Å². The summed E-state index contributed by atoms with van der Waals surface area (Å²) in [5.74, 6) is -0.387. The largest absolute Gasteiger partial charge is 0.383 e. The third-order valence-electron chi connectivity index (χ3n) is 2.17. The van der Waals surface area contributed by atoms with Gasteiger partial charge >= 0.3 is 0 Å². The van der Waals surface area contributed by atoms with Gasteiger partial charge in [0.15, 0.2) is 0 Å². The van der Waals surface area contributed by atoms with Gasteiger partial charge < -0.3 is 5.11 Å². The molecule has 1 unspecified atom stereocenters. The molecule has 1 heterocycles. The number of hydrogen-bond donors (Lipinski definition) is 1. The Morgan fingerprint density at radius 3 is 2.93 bits per heavy atom. The van der Waals surface area contributed by atoms with Crippen LogP contribution in [0.2, 0.25) is 0 Å². The van der Waals surface area contributed by atoms with Gasteiger partial charge in [-0.1, -0.05) is 17.7 Å². The van der Waals surface area contributed by atoms with E-state index < -0.39 is 6.10 Å². The molecule has 1 atom stereocenters. The molecule has 2 rings (SSSR count). The van der Waals surface area contributed by atoms with Gasteiger partial charge in [-0.2, -0.15) is 0 Å². The molecule has 15 heavy (non-hydrogen) atoms. The summed E-state index contributed by atoms with van der Waals surface area (Å²) >= 11 is 1.31. The second kappa shape index (κ2) is 4.08. The maximum absolute atomic E-state index is 13.4. The molecule has 0 aliphatic carbocycles. The van der Waals surface area contributed by atoms with Gasteiger partial charge in [-0.25, -0.2) is 4.39 Å². The molecule has 0 radical (unpaired) electrons. The van der Waals surface area contributed by atoms with Crippen LogP contribution in [0, 0.1) is 12.7 Å². The second-order valence-corrected chi connectivity index (χ2v) is 4.25. The van der Waals surface area contributed by atoms with Crippen LogP contribution in [-0.4, -0.2) is 10.1 Å². The lowest BCUT2D eigenvalue weighted by atomic mass is 10.1. The first-order chi connectivity index (χ1) is 7.18. The molecule has 1 N–H and O–H groups in total. The Bertz CT molecular complexity index is 456. The van der Waals surface area contributed by atoms with E-state index in [-0.39, 0.29) is 5.82 Å². The molecular formula is C11H10FNOS. The first-order valence-corrected chi connectivity index (χ1v) is 5.39. The average molecular weight is 223 g/mol. The quantitative estimate of drug-likeness (QED) is 0.849. The van der Waals surface area contributed by atoms with Crippen molar-refractivity contribution in [3.63, 3.8) is 0 Å². The van der Waals surface area contributed by atoms with E-state index in [0.29, 0.717) is 10.4 Å². The first-order valence-electron chi connectivity index (χ1n) is 4.51. The van der Waals surface area contributed by atoms with Crippen molar-refractivity contribution < 1.29 is 9.50 Å². The van der Waals surface area contributed by atoms with E-state index in [1.165, 1.54) is 17.4 Å². The van der Waals surface area contributed by atoms with E-state index >= 15 is 0 Å². The van der Waals surface area contributed by atoms with E-state index in [9.17, 15) is 9.50 Å². The number of thiazole rings is 1. The SMILES string of the molecule is Cc1ccc(F)c(C(O)c2cncs2)c1. The number of aromatic nitrogens is 1. The lowest BCUT2D eigenvalue weighted by Crippen LogP contribution is -2.01. The normalized spacial score (nSPS) is 12.7. The minimum absolute atomic E-state index is 0.305. The minimum Gasteiger partial charge on any atom is -0.383 e. The van der Waals surface area contributed by atoms with Crippen LogP contribution in [0.15, 0.2) is 29.9 Å². The van der Waals surface area contributed by atoms with Crippen LogP contribution < -0.4 is 0 Å². The second-order valence-electron chi connectivity index (χ2n) is 3.33. The zero-order chi connectivity index (χ0) is 10.8. The van der Waals surface area contributed by atoms with Crippen molar-refractivity contribution >= 4 is 11.3 Å². The molecule has 0 aliphatic heterocycles. The van der Waals surface area contributed by atoms with Gasteiger partial charge in [-0.3, -0.25) is 4.98 Å². The molecule has 0 saturated heterocycles. The van der Waals surface area contributed by atoms with Crippen molar-refractivity contribution in [2.24, 2.45) is 0 Å². The number of aliphatic hydroxyl groups excluding tert-OH is 1. The van der Waals surface area contributed by atoms with Gasteiger partial charge in [0, 0.05) is 11.8 Å². The van der Waals surface area contributed by atoms with Crippen molar-refractivity contribution in [2.45, 2.75) is 13.0 Å². The van der Waals surface area contributed by atoms with E-state index in [4.69, 9.17) is 0 Å². The van der Waals surface area contributed by atoms with Crippen molar-refractivity contribution in [3.05, 3.63) is 51.7 Å². The van der Waals surface area contributed by atoms with Crippen LogP contribution in [0.5, 0.6) is 0 Å². The van der Waals surface area contributed by atoms with Crippen LogP contribution in [0.1, 0.15) is 22.1 Å². The van der Waals surface area contributed by atoms with Crippen LogP contribution in [0.25, 0.3) is 0 Å². The molecule has 1 aromatic heterocycles. The highest BCUT2D eigenvalue weighted by atomic mass is 32.1. The van der Waals surface area contributed by atoms with Crippen molar-refractivity contribution in [1.29, 1.82) is 0 Å². The molecule has 0 aliphatic rings. The summed E-state index contributed by atoms with van der Waals surface area (Å²) in [6.07, 6.45) is 0.634. The summed E-state index contributed by atoms with van der Waals surface area (Å²) in [6, 6.07) is 4.70. The minimum atomic E-state index is -0.919. The molecule has 4 heteroatoms. The van der Waals surface area contributed by atoms with Crippen molar-refractivity contribution in [1.82, 2.24) is 4.98 Å². The fourth-order valence-corrected chi connectivity index (χ4v) is 2.01. The van der Waals surface area contributed by atoms with Crippen molar-refractivity contribution in [2.75, 3.05) is 0 Å². The Morgan fingerprint density at radius 2 is 2.27 bits per heavy atom. The smallest absolute Gasteiger partial charge is 0.129 e. The van der Waals surface area contributed by atoms with Gasteiger partial charge in [0.25, 0.3) is 0 Å². The van der Waals surface area contributed by atoms with E-state index in [2.05, 4.69) is 4.98 Å². The highest BCUT2D eigenvalue weighted by molar-refractivity contribution is 7.09. The molecule has 1 aromatic carbocycles. The van der Waals surface area contributed by atoms with Gasteiger partial charge in [0.1, 0.15) is 11.9 Å². The molecule has 0 bridgehead atoms. The van der Waals surface area contributed by atoms with Gasteiger partial charge in [0.2, 0.25) is 0 Å². The zero-order valence-electron chi connectivity index (χ0n) is 8.14. The van der Waals surface area contributed by atoms with Gasteiger partial charge in [-0.15, -0.1) is 11.3 Å². The van der Waals surface area contributed by atoms with Crippen LogP contribution in [0.4, 0.5) is 4.39 Å². The Kier molecular flexibility index (Phi) is 2.79. The molecular weight excluding hydrogens is 213 g/mol. The van der Waals surface area contributed by atoms with E-state index in [0.717, 1.165) is 5.56 Å². The Hall–Kier alpha value is -1.26. The predicted molar refractivity (Wildman–Crippen MR) is 57.3 cm³/mol. The number of rotatable bonds is 2. The fourth-order valence-electron chi connectivity index (χ4n) is 1.39. The van der Waals surface area contributed by atoms with E-state index in [1.807, 2.05) is 6.92 Å². The summed E-state index contributed by atoms with van der Waals surface area (Å²) in [6.45, 7) is 1.86. The molecule has 2 aromatic rings. The predicted octanol–water partition coefficient (Wildman–Crippen LogP) is 2.67. The van der Waals surface area contributed by atoms with Crippen LogP contribution in [-0.2, 0) is 0 Å². The summed E-state index contributed by atoms with van der Waals surface area (Å²) in [7, 11) is 0. The Labute approximate surface area is 91.0 Å². The fraction of sp³-hybridized carbons (Fsp3) is 0.182. The summed E-state index contributed by atoms with van der Waals surface area (Å²) in [5, 5.41) is 9.92. The summed E-state index contributed by atoms with van der Waals surface area (Å²) in [5.41, 5.74) is 2.85. The van der Waals surface area contributed by atoms with Gasteiger partial charge in [-0.05, 0) is 13.0 Å². The number of aliphatic hydroxyl groups is 1. The number of nitrogens with zero attached hydrogens (tertiary/aromatic N) is 1. The standard InChI is InChI=1S/C11H10FNOS/c1-7-2-3-9(12)8(4-7)11(14)10-5-13-6-15-10/h2-6,11,14H,1H3. The lowest BCUT2D eigenvalue weighted by molar-refractivity contribution is 0.218. The summed E-state index contributed by atoms with van der Waals surface area (Å²) in [4.78, 5) is 4.51. The topological polar surface area (TPSA) is 33.1 Å². The molecule has 0 fully saturated rings. The average Bonchev–Trinajstić information content (AvgIpc) is 2.74. The molecule has 2 nitrogen and oxygen atoms in total. The zero-order valence-corrected chi connectivity index (χ0v) is 8.96. The molecule has 78 valence electrons. The lowest BCUT2D eigenvalue weighted by Gasteiger charge is -2.10. The number of benzene rings is 1. The summed E-state index contributed by atoms with van der Waals surface area (Å²) < 4.78 is 13.4. The number of hydrogen-bond acceptors (Lipinski definition) is 3. The van der Waals surface area contributed by atoms with E-state index in [1.54, 1.807) is 23.8 Å². The number of aryl methyl sites for hydroxylation is 1. The third kappa shape index (κ3) is 2.06. The monoisotopic (exact) mass is 223 g/mol.